The number of nitrogens with zero attached hydrogens (tertiary/aromatic N) is 1. The standard InChI is InChI=1S/C20H35NO3S/c1-4-5-6-9-19(22)12-10-18-11-13-20(23)21(18)14-16-25-15-7-8-17(2)24-3/h10,12,18-19,22H,2,4-9,11,13-16H2,1,3H3/b12-10+/t18-,19-/m0/s1. The van der Waals surface area contributed by atoms with E-state index in [1.807, 2.05) is 28.8 Å². The number of aliphatic hydroxyl groups excluding tert-OH is 1. The lowest BCUT2D eigenvalue weighted by Gasteiger charge is -2.22. The molecule has 0 unspecified atom stereocenters. The summed E-state index contributed by atoms with van der Waals surface area (Å²) in [4.78, 5) is 14.0. The second-order valence-corrected chi connectivity index (χ2v) is 7.82. The summed E-state index contributed by atoms with van der Waals surface area (Å²) in [6.07, 6.45) is 11.2. The molecule has 1 amide bonds. The van der Waals surface area contributed by atoms with Gasteiger partial charge in [-0.25, -0.2) is 0 Å². The molecular formula is C20H35NO3S. The number of amides is 1. The molecule has 0 aliphatic carbocycles. The fourth-order valence-electron chi connectivity index (χ4n) is 2.94. The first kappa shape index (κ1) is 22.1. The van der Waals surface area contributed by atoms with Crippen molar-refractivity contribution < 1.29 is 14.6 Å². The lowest BCUT2D eigenvalue weighted by Crippen LogP contribution is -2.34. The van der Waals surface area contributed by atoms with Gasteiger partial charge in [0.15, 0.2) is 0 Å². The van der Waals surface area contributed by atoms with Crippen molar-refractivity contribution in [2.75, 3.05) is 25.2 Å². The van der Waals surface area contributed by atoms with Crippen LogP contribution in [-0.4, -0.2) is 53.2 Å². The summed E-state index contributed by atoms with van der Waals surface area (Å²) >= 11 is 1.87. The molecule has 1 saturated heterocycles. The van der Waals surface area contributed by atoms with E-state index in [9.17, 15) is 9.90 Å². The van der Waals surface area contributed by atoms with Crippen LogP contribution >= 0.6 is 11.8 Å². The van der Waals surface area contributed by atoms with E-state index >= 15 is 0 Å². The maximum absolute atomic E-state index is 12.1. The number of unbranched alkanes of at least 4 members (excludes halogenated alkanes) is 2. The third kappa shape index (κ3) is 9.36. The number of thioether (sulfide) groups is 1. The summed E-state index contributed by atoms with van der Waals surface area (Å²) in [6, 6.07) is 0.155. The van der Waals surface area contributed by atoms with Gasteiger partial charge in [-0.1, -0.05) is 44.9 Å². The Bertz CT molecular complexity index is 425. The normalized spacial score (nSPS) is 18.9. The van der Waals surface area contributed by atoms with Crippen molar-refractivity contribution in [3.05, 3.63) is 24.5 Å². The zero-order valence-corrected chi connectivity index (χ0v) is 16.7. The van der Waals surface area contributed by atoms with Crippen molar-refractivity contribution in [1.82, 2.24) is 4.90 Å². The molecule has 1 fully saturated rings. The largest absolute Gasteiger partial charge is 0.502 e. The monoisotopic (exact) mass is 369 g/mol. The van der Waals surface area contributed by atoms with Crippen molar-refractivity contribution in [2.45, 2.75) is 70.4 Å². The summed E-state index contributed by atoms with van der Waals surface area (Å²) in [5.74, 6) is 3.08. The SMILES string of the molecule is C=C(CCCSCCN1C(=O)CC[C@@H]1/C=C/[C@@H](O)CCCCC)OC. The average Bonchev–Trinajstić information content (AvgIpc) is 2.96. The second-order valence-electron chi connectivity index (χ2n) is 6.60. The Balaban J connectivity index is 2.26. The van der Waals surface area contributed by atoms with Crippen molar-refractivity contribution in [1.29, 1.82) is 0 Å². The molecule has 144 valence electrons. The van der Waals surface area contributed by atoms with Crippen LogP contribution in [0.2, 0.25) is 0 Å². The molecule has 0 aromatic heterocycles. The Hall–Kier alpha value is -0.940. The molecule has 0 aromatic rings. The Morgan fingerprint density at radius 2 is 2.24 bits per heavy atom. The first-order valence-corrected chi connectivity index (χ1v) is 10.7. The average molecular weight is 370 g/mol. The quantitative estimate of drug-likeness (QED) is 0.284. The van der Waals surface area contributed by atoms with E-state index in [0.717, 1.165) is 62.3 Å². The number of likely N-dealkylation sites (tertiary alicyclic amines) is 1. The van der Waals surface area contributed by atoms with Gasteiger partial charge in [0.1, 0.15) is 0 Å². The number of aliphatic hydroxyl groups is 1. The third-order valence-electron chi connectivity index (χ3n) is 4.54. The van der Waals surface area contributed by atoms with E-state index in [1.54, 1.807) is 7.11 Å². The van der Waals surface area contributed by atoms with Crippen LogP contribution in [0.4, 0.5) is 0 Å². The molecule has 1 rings (SSSR count). The lowest BCUT2D eigenvalue weighted by atomic mass is 10.1. The number of allylic oxidation sites excluding steroid dienone is 1. The van der Waals surface area contributed by atoms with E-state index < -0.39 is 0 Å². The number of carbonyl (C=O) groups is 1. The first-order valence-electron chi connectivity index (χ1n) is 9.53. The highest BCUT2D eigenvalue weighted by molar-refractivity contribution is 7.99. The van der Waals surface area contributed by atoms with E-state index in [0.29, 0.717) is 6.42 Å². The highest BCUT2D eigenvalue weighted by atomic mass is 32.2. The Morgan fingerprint density at radius 3 is 2.96 bits per heavy atom. The molecule has 2 atom stereocenters. The van der Waals surface area contributed by atoms with Crippen LogP contribution < -0.4 is 0 Å². The predicted molar refractivity (Wildman–Crippen MR) is 107 cm³/mol. The van der Waals surface area contributed by atoms with Crippen molar-refractivity contribution in [2.24, 2.45) is 0 Å². The van der Waals surface area contributed by atoms with Crippen LogP contribution in [0.3, 0.4) is 0 Å². The number of hydrogen-bond acceptors (Lipinski definition) is 4. The van der Waals surface area contributed by atoms with Gasteiger partial charge in [0.05, 0.1) is 25.0 Å². The van der Waals surface area contributed by atoms with E-state index in [-0.39, 0.29) is 18.1 Å². The number of ether oxygens (including phenoxy) is 1. The summed E-state index contributed by atoms with van der Waals surface area (Å²) in [5, 5.41) is 10.0. The lowest BCUT2D eigenvalue weighted by molar-refractivity contribution is -0.128. The number of hydrogen-bond donors (Lipinski definition) is 1. The maximum Gasteiger partial charge on any atom is 0.223 e. The van der Waals surface area contributed by atoms with E-state index in [1.165, 1.54) is 6.42 Å². The smallest absolute Gasteiger partial charge is 0.223 e. The van der Waals surface area contributed by atoms with Crippen LogP contribution in [0.1, 0.15) is 58.3 Å². The fourth-order valence-corrected chi connectivity index (χ4v) is 3.82. The summed E-state index contributed by atoms with van der Waals surface area (Å²) in [5.41, 5.74) is 0. The van der Waals surface area contributed by atoms with Gasteiger partial charge in [-0.15, -0.1) is 0 Å². The zero-order valence-electron chi connectivity index (χ0n) is 15.9. The predicted octanol–water partition coefficient (Wildman–Crippen LogP) is 4.15. The topological polar surface area (TPSA) is 49.8 Å². The second kappa shape index (κ2) is 13.3. The van der Waals surface area contributed by atoms with Gasteiger partial charge in [0.25, 0.3) is 0 Å². The molecule has 5 heteroatoms. The van der Waals surface area contributed by atoms with Crippen LogP contribution in [0.25, 0.3) is 0 Å². The number of methoxy groups -OCH3 is 1. The molecule has 1 heterocycles. The zero-order chi connectivity index (χ0) is 18.5. The van der Waals surface area contributed by atoms with Crippen molar-refractivity contribution in [3.8, 4) is 0 Å². The third-order valence-corrected chi connectivity index (χ3v) is 5.59. The van der Waals surface area contributed by atoms with Gasteiger partial charge in [0, 0.05) is 25.1 Å². The molecule has 25 heavy (non-hydrogen) atoms. The maximum atomic E-state index is 12.1. The molecule has 0 radical (unpaired) electrons. The Kier molecular flexibility index (Phi) is 11.7. The number of carbonyl (C=O) groups excluding carboxylic acids is 1. The molecule has 0 aromatic carbocycles. The van der Waals surface area contributed by atoms with Gasteiger partial charge in [-0.05, 0) is 25.0 Å². The Morgan fingerprint density at radius 1 is 1.44 bits per heavy atom. The minimum Gasteiger partial charge on any atom is -0.502 e. The molecule has 0 spiro atoms. The highest BCUT2D eigenvalue weighted by Crippen LogP contribution is 2.21. The summed E-state index contributed by atoms with van der Waals surface area (Å²) < 4.78 is 5.06. The van der Waals surface area contributed by atoms with Gasteiger partial charge < -0.3 is 14.7 Å². The van der Waals surface area contributed by atoms with Gasteiger partial charge in [-0.3, -0.25) is 4.79 Å². The van der Waals surface area contributed by atoms with Gasteiger partial charge in [0.2, 0.25) is 5.91 Å². The molecule has 1 aliphatic heterocycles. The van der Waals surface area contributed by atoms with Gasteiger partial charge in [-0.2, -0.15) is 11.8 Å². The molecule has 1 N–H and O–H groups in total. The molecule has 0 saturated carbocycles. The van der Waals surface area contributed by atoms with Crippen molar-refractivity contribution >= 4 is 17.7 Å². The fraction of sp³-hybridized carbons (Fsp3) is 0.750. The van der Waals surface area contributed by atoms with Crippen LogP contribution in [0.5, 0.6) is 0 Å². The first-order chi connectivity index (χ1) is 12.1. The van der Waals surface area contributed by atoms with Crippen LogP contribution in [-0.2, 0) is 9.53 Å². The van der Waals surface area contributed by atoms with E-state index in [2.05, 4.69) is 13.5 Å². The van der Waals surface area contributed by atoms with E-state index in [4.69, 9.17) is 4.74 Å². The minimum absolute atomic E-state index is 0.155. The molecule has 4 nitrogen and oxygen atoms in total. The van der Waals surface area contributed by atoms with Crippen LogP contribution in [0.15, 0.2) is 24.5 Å². The highest BCUT2D eigenvalue weighted by Gasteiger charge is 2.28. The molecular weight excluding hydrogens is 334 g/mol. The number of rotatable bonds is 14. The van der Waals surface area contributed by atoms with Crippen LogP contribution in [0, 0.1) is 0 Å². The summed E-state index contributed by atoms with van der Waals surface area (Å²) in [7, 11) is 1.66. The molecule has 0 bridgehead atoms. The minimum atomic E-state index is -0.382. The summed E-state index contributed by atoms with van der Waals surface area (Å²) in [6.45, 7) is 6.77. The molecule has 1 aliphatic rings. The van der Waals surface area contributed by atoms with Gasteiger partial charge >= 0.3 is 0 Å². The van der Waals surface area contributed by atoms with Crippen molar-refractivity contribution in [3.63, 3.8) is 0 Å². The Labute approximate surface area is 157 Å².